The highest BCUT2D eigenvalue weighted by Crippen LogP contribution is 2.11. The number of aryl methyl sites for hydroxylation is 1. The molecule has 0 saturated heterocycles. The lowest BCUT2D eigenvalue weighted by atomic mass is 10.2. The summed E-state index contributed by atoms with van der Waals surface area (Å²) in [6.45, 7) is 4.48. The third-order valence-corrected chi connectivity index (χ3v) is 3.14. The molecular weight excluding hydrogens is 210 g/mol. The number of carbonyl (C=O) groups is 1. The molecule has 1 atom stereocenters. The van der Waals surface area contributed by atoms with E-state index in [0.717, 1.165) is 23.4 Å². The van der Waals surface area contributed by atoms with E-state index in [1.165, 1.54) is 0 Å². The van der Waals surface area contributed by atoms with Crippen LogP contribution in [-0.4, -0.2) is 16.9 Å². The number of aromatic nitrogens is 1. The van der Waals surface area contributed by atoms with Crippen LogP contribution >= 0.6 is 11.3 Å². The second kappa shape index (κ2) is 5.82. The maximum atomic E-state index is 11.5. The smallest absolute Gasteiger partial charge is 0.237 e. The zero-order chi connectivity index (χ0) is 11.3. The molecule has 1 aromatic rings. The summed E-state index contributed by atoms with van der Waals surface area (Å²) in [4.78, 5) is 16.7. The van der Waals surface area contributed by atoms with E-state index in [4.69, 9.17) is 5.73 Å². The van der Waals surface area contributed by atoms with Gasteiger partial charge in [-0.3, -0.25) is 4.79 Å². The molecule has 0 aliphatic rings. The number of nitrogens with zero attached hydrogens (tertiary/aromatic N) is 1. The zero-order valence-corrected chi connectivity index (χ0v) is 9.93. The largest absolute Gasteiger partial charge is 0.350 e. The van der Waals surface area contributed by atoms with E-state index in [2.05, 4.69) is 10.3 Å². The van der Waals surface area contributed by atoms with Crippen molar-refractivity contribution in [3.8, 4) is 0 Å². The lowest BCUT2D eigenvalue weighted by Crippen LogP contribution is -2.40. The highest BCUT2D eigenvalue weighted by atomic mass is 32.1. The van der Waals surface area contributed by atoms with E-state index in [1.807, 2.05) is 13.8 Å². The minimum Gasteiger partial charge on any atom is -0.350 e. The van der Waals surface area contributed by atoms with Gasteiger partial charge < -0.3 is 11.1 Å². The summed E-state index contributed by atoms with van der Waals surface area (Å²) < 4.78 is 0. The Morgan fingerprint density at radius 3 is 3.00 bits per heavy atom. The van der Waals surface area contributed by atoms with Crippen molar-refractivity contribution in [3.63, 3.8) is 0 Å². The Labute approximate surface area is 93.9 Å². The van der Waals surface area contributed by atoms with Crippen molar-refractivity contribution in [2.24, 2.45) is 5.73 Å². The SMILES string of the molecule is CCC[C@@H](N)C(=O)NCc1scnc1C. The van der Waals surface area contributed by atoms with Gasteiger partial charge in [0.25, 0.3) is 0 Å². The van der Waals surface area contributed by atoms with Gasteiger partial charge in [0.1, 0.15) is 0 Å². The molecule has 1 rings (SSSR count). The fraction of sp³-hybridized carbons (Fsp3) is 0.600. The van der Waals surface area contributed by atoms with Gasteiger partial charge in [-0.05, 0) is 13.3 Å². The molecule has 0 radical (unpaired) electrons. The summed E-state index contributed by atoms with van der Waals surface area (Å²) in [5.41, 5.74) is 8.44. The minimum absolute atomic E-state index is 0.0790. The van der Waals surface area contributed by atoms with E-state index in [0.29, 0.717) is 6.54 Å². The molecule has 5 heteroatoms. The van der Waals surface area contributed by atoms with Crippen LogP contribution in [0.25, 0.3) is 0 Å². The van der Waals surface area contributed by atoms with Crippen LogP contribution in [0.5, 0.6) is 0 Å². The van der Waals surface area contributed by atoms with Crippen LogP contribution in [0, 0.1) is 6.92 Å². The van der Waals surface area contributed by atoms with Crippen LogP contribution in [0.2, 0.25) is 0 Å². The zero-order valence-electron chi connectivity index (χ0n) is 9.12. The number of hydrogen-bond acceptors (Lipinski definition) is 4. The first-order valence-corrected chi connectivity index (χ1v) is 5.95. The van der Waals surface area contributed by atoms with Gasteiger partial charge in [0, 0.05) is 4.88 Å². The Balaban J connectivity index is 2.37. The molecule has 0 aliphatic heterocycles. The summed E-state index contributed by atoms with van der Waals surface area (Å²) in [5.74, 6) is -0.0790. The number of nitrogens with two attached hydrogens (primary N) is 1. The van der Waals surface area contributed by atoms with Gasteiger partial charge in [-0.2, -0.15) is 0 Å². The third kappa shape index (κ3) is 3.60. The summed E-state index contributed by atoms with van der Waals surface area (Å²) in [6, 6.07) is -0.386. The Hall–Kier alpha value is -0.940. The monoisotopic (exact) mass is 227 g/mol. The van der Waals surface area contributed by atoms with Gasteiger partial charge in [0.15, 0.2) is 0 Å². The molecule has 0 fully saturated rings. The topological polar surface area (TPSA) is 68.0 Å². The number of carbonyl (C=O) groups excluding carboxylic acids is 1. The van der Waals surface area contributed by atoms with Crippen LogP contribution in [0.1, 0.15) is 30.3 Å². The van der Waals surface area contributed by atoms with E-state index in [1.54, 1.807) is 16.8 Å². The molecule has 15 heavy (non-hydrogen) atoms. The molecule has 0 spiro atoms. The Morgan fingerprint density at radius 1 is 1.73 bits per heavy atom. The quantitative estimate of drug-likeness (QED) is 0.794. The minimum atomic E-state index is -0.386. The van der Waals surface area contributed by atoms with Gasteiger partial charge >= 0.3 is 0 Å². The Bertz CT molecular complexity index is 324. The molecule has 1 aromatic heterocycles. The molecule has 1 amide bonds. The van der Waals surface area contributed by atoms with Crippen molar-refractivity contribution in [1.29, 1.82) is 0 Å². The molecule has 0 aliphatic carbocycles. The number of amides is 1. The number of hydrogen-bond donors (Lipinski definition) is 2. The maximum Gasteiger partial charge on any atom is 0.237 e. The van der Waals surface area contributed by atoms with Crippen LogP contribution in [-0.2, 0) is 11.3 Å². The van der Waals surface area contributed by atoms with Crippen molar-refractivity contribution in [3.05, 3.63) is 16.1 Å². The molecule has 84 valence electrons. The second-order valence-electron chi connectivity index (χ2n) is 3.47. The molecule has 0 saturated carbocycles. The van der Waals surface area contributed by atoms with Crippen LogP contribution < -0.4 is 11.1 Å². The van der Waals surface area contributed by atoms with Gasteiger partial charge in [0.05, 0.1) is 23.8 Å². The van der Waals surface area contributed by atoms with E-state index < -0.39 is 0 Å². The fourth-order valence-corrected chi connectivity index (χ4v) is 1.95. The van der Waals surface area contributed by atoms with Crippen molar-refractivity contribution in [1.82, 2.24) is 10.3 Å². The summed E-state index contributed by atoms with van der Waals surface area (Å²) in [5, 5.41) is 2.82. The third-order valence-electron chi connectivity index (χ3n) is 2.20. The highest BCUT2D eigenvalue weighted by molar-refractivity contribution is 7.09. The average Bonchev–Trinajstić information content (AvgIpc) is 2.61. The average molecular weight is 227 g/mol. The predicted molar refractivity (Wildman–Crippen MR) is 61.6 cm³/mol. The molecule has 0 bridgehead atoms. The summed E-state index contributed by atoms with van der Waals surface area (Å²) >= 11 is 1.55. The molecular formula is C10H17N3OS. The normalized spacial score (nSPS) is 12.5. The van der Waals surface area contributed by atoms with Gasteiger partial charge in [-0.25, -0.2) is 4.98 Å². The lowest BCUT2D eigenvalue weighted by Gasteiger charge is -2.10. The predicted octanol–water partition coefficient (Wildman–Crippen LogP) is 1.20. The van der Waals surface area contributed by atoms with Crippen molar-refractivity contribution < 1.29 is 4.79 Å². The van der Waals surface area contributed by atoms with Gasteiger partial charge in [0.2, 0.25) is 5.91 Å². The Morgan fingerprint density at radius 2 is 2.47 bits per heavy atom. The van der Waals surface area contributed by atoms with Crippen LogP contribution in [0.4, 0.5) is 0 Å². The molecule has 1 heterocycles. The van der Waals surface area contributed by atoms with Crippen molar-refractivity contribution >= 4 is 17.2 Å². The first kappa shape index (κ1) is 12.1. The summed E-state index contributed by atoms with van der Waals surface area (Å²) in [7, 11) is 0. The number of rotatable bonds is 5. The maximum absolute atomic E-state index is 11.5. The fourth-order valence-electron chi connectivity index (χ4n) is 1.24. The Kier molecular flexibility index (Phi) is 4.71. The van der Waals surface area contributed by atoms with Crippen LogP contribution in [0.15, 0.2) is 5.51 Å². The van der Waals surface area contributed by atoms with E-state index >= 15 is 0 Å². The first-order chi connectivity index (χ1) is 7.15. The van der Waals surface area contributed by atoms with Gasteiger partial charge in [-0.1, -0.05) is 13.3 Å². The molecule has 0 unspecified atom stereocenters. The molecule has 3 N–H and O–H groups in total. The van der Waals surface area contributed by atoms with Crippen molar-refractivity contribution in [2.45, 2.75) is 39.3 Å². The first-order valence-electron chi connectivity index (χ1n) is 5.07. The van der Waals surface area contributed by atoms with Crippen LogP contribution in [0.3, 0.4) is 0 Å². The molecule has 4 nitrogen and oxygen atoms in total. The van der Waals surface area contributed by atoms with Crippen molar-refractivity contribution in [2.75, 3.05) is 0 Å². The second-order valence-corrected chi connectivity index (χ2v) is 4.41. The highest BCUT2D eigenvalue weighted by Gasteiger charge is 2.12. The van der Waals surface area contributed by atoms with E-state index in [-0.39, 0.29) is 11.9 Å². The number of nitrogens with one attached hydrogen (secondary N) is 1. The lowest BCUT2D eigenvalue weighted by molar-refractivity contribution is -0.122. The number of thiazole rings is 1. The molecule has 0 aromatic carbocycles. The standard InChI is InChI=1S/C10H17N3OS/c1-3-4-8(11)10(14)12-5-9-7(2)13-6-15-9/h6,8H,3-5,11H2,1-2H3,(H,12,14)/t8-/m1/s1. The summed E-state index contributed by atoms with van der Waals surface area (Å²) in [6.07, 6.45) is 1.65. The van der Waals surface area contributed by atoms with E-state index in [9.17, 15) is 4.79 Å². The van der Waals surface area contributed by atoms with Gasteiger partial charge in [-0.15, -0.1) is 11.3 Å².